The molecule has 2 aromatic rings. The van der Waals surface area contributed by atoms with Crippen molar-refractivity contribution in [3.8, 4) is 0 Å². The third-order valence-electron chi connectivity index (χ3n) is 4.38. The molecule has 0 unspecified atom stereocenters. The Kier molecular flexibility index (Phi) is 7.64. The Hall–Kier alpha value is -2.58. The summed E-state index contributed by atoms with van der Waals surface area (Å²) < 4.78 is 25.7. The molecule has 0 aromatic heterocycles. The van der Waals surface area contributed by atoms with Crippen molar-refractivity contribution in [3.63, 3.8) is 0 Å². The Morgan fingerprint density at radius 2 is 1.76 bits per heavy atom. The minimum absolute atomic E-state index is 0.168. The van der Waals surface area contributed by atoms with Gasteiger partial charge in [0, 0.05) is 18.6 Å². The van der Waals surface area contributed by atoms with Crippen LogP contribution in [0, 0.1) is 0 Å². The number of carbonyl (C=O) groups is 2. The first-order valence-corrected chi connectivity index (χ1v) is 11.1. The van der Waals surface area contributed by atoms with Crippen molar-refractivity contribution in [2.24, 2.45) is 0 Å². The summed E-state index contributed by atoms with van der Waals surface area (Å²) in [6, 6.07) is 14.6. The highest BCUT2D eigenvalue weighted by molar-refractivity contribution is 7.92. The predicted molar refractivity (Wildman–Crippen MR) is 114 cm³/mol. The van der Waals surface area contributed by atoms with Crippen molar-refractivity contribution in [2.75, 3.05) is 24.2 Å². The molecule has 0 aliphatic rings. The largest absolute Gasteiger partial charge is 0.357 e. The van der Waals surface area contributed by atoms with Crippen LogP contribution in [0.1, 0.15) is 12.5 Å². The van der Waals surface area contributed by atoms with Crippen LogP contribution in [0.3, 0.4) is 0 Å². The van der Waals surface area contributed by atoms with E-state index in [-0.39, 0.29) is 18.1 Å². The number of hydrogen-bond acceptors (Lipinski definition) is 4. The lowest BCUT2D eigenvalue weighted by molar-refractivity contribution is -0.139. The normalized spacial score (nSPS) is 12.1. The molecule has 0 aliphatic heterocycles. The molecule has 1 atom stereocenters. The first kappa shape index (κ1) is 22.7. The summed E-state index contributed by atoms with van der Waals surface area (Å²) in [7, 11) is -2.28. The molecule has 7 nitrogen and oxygen atoms in total. The van der Waals surface area contributed by atoms with Gasteiger partial charge in [0.15, 0.2) is 0 Å². The summed E-state index contributed by atoms with van der Waals surface area (Å²) >= 11 is 5.99. The molecule has 156 valence electrons. The molecule has 0 saturated carbocycles. The van der Waals surface area contributed by atoms with Gasteiger partial charge in [-0.3, -0.25) is 13.9 Å². The monoisotopic (exact) mass is 437 g/mol. The van der Waals surface area contributed by atoms with E-state index in [1.165, 1.54) is 18.0 Å². The van der Waals surface area contributed by atoms with Crippen LogP contribution in [0.25, 0.3) is 0 Å². The molecule has 0 saturated heterocycles. The summed E-state index contributed by atoms with van der Waals surface area (Å²) in [5, 5.41) is 2.88. The van der Waals surface area contributed by atoms with E-state index in [9.17, 15) is 18.0 Å². The van der Waals surface area contributed by atoms with Crippen molar-refractivity contribution in [1.29, 1.82) is 0 Å². The van der Waals surface area contributed by atoms with Gasteiger partial charge in [0.2, 0.25) is 21.8 Å². The molecule has 29 heavy (non-hydrogen) atoms. The van der Waals surface area contributed by atoms with E-state index in [0.717, 1.165) is 16.1 Å². The Bertz CT molecular complexity index is 967. The average molecular weight is 438 g/mol. The van der Waals surface area contributed by atoms with Gasteiger partial charge in [0.25, 0.3) is 0 Å². The Morgan fingerprint density at radius 3 is 2.31 bits per heavy atom. The van der Waals surface area contributed by atoms with E-state index in [1.807, 2.05) is 30.3 Å². The van der Waals surface area contributed by atoms with Crippen molar-refractivity contribution in [3.05, 3.63) is 65.2 Å². The number of benzene rings is 2. The zero-order chi connectivity index (χ0) is 21.6. The second-order valence-corrected chi connectivity index (χ2v) is 8.89. The fourth-order valence-corrected chi connectivity index (χ4v) is 3.84. The highest BCUT2D eigenvalue weighted by atomic mass is 35.5. The molecule has 0 fully saturated rings. The molecular formula is C20H24ClN3O4S. The maximum absolute atomic E-state index is 13.1. The van der Waals surface area contributed by atoms with E-state index < -0.39 is 28.5 Å². The number of rotatable bonds is 8. The highest BCUT2D eigenvalue weighted by Gasteiger charge is 2.29. The number of carbonyl (C=O) groups excluding carboxylic acids is 2. The van der Waals surface area contributed by atoms with Gasteiger partial charge in [-0.25, -0.2) is 8.42 Å². The second-order valence-electron chi connectivity index (χ2n) is 6.55. The number of amides is 2. The Balaban J connectivity index is 2.36. The molecule has 0 radical (unpaired) electrons. The van der Waals surface area contributed by atoms with Crippen molar-refractivity contribution < 1.29 is 18.0 Å². The molecule has 2 rings (SSSR count). The predicted octanol–water partition coefficient (Wildman–Crippen LogP) is 2.27. The second kappa shape index (κ2) is 9.76. The van der Waals surface area contributed by atoms with Gasteiger partial charge in [-0.15, -0.1) is 0 Å². The molecule has 9 heteroatoms. The number of sulfonamides is 1. The number of nitrogens with zero attached hydrogens (tertiary/aromatic N) is 2. The zero-order valence-corrected chi connectivity index (χ0v) is 18.1. The molecule has 1 N–H and O–H groups in total. The summed E-state index contributed by atoms with van der Waals surface area (Å²) in [5.74, 6) is -0.849. The van der Waals surface area contributed by atoms with Gasteiger partial charge < -0.3 is 10.2 Å². The Morgan fingerprint density at radius 1 is 1.10 bits per heavy atom. The van der Waals surface area contributed by atoms with Gasteiger partial charge in [0.05, 0.1) is 11.9 Å². The summed E-state index contributed by atoms with van der Waals surface area (Å²) in [6.45, 7) is 1.32. The average Bonchev–Trinajstić information content (AvgIpc) is 2.68. The number of nitrogens with one attached hydrogen (secondary N) is 1. The van der Waals surface area contributed by atoms with Gasteiger partial charge in [-0.1, -0.05) is 48.0 Å². The van der Waals surface area contributed by atoms with E-state index in [2.05, 4.69) is 5.32 Å². The highest BCUT2D eigenvalue weighted by Crippen LogP contribution is 2.22. The third-order valence-corrected chi connectivity index (χ3v) is 5.76. The van der Waals surface area contributed by atoms with Gasteiger partial charge >= 0.3 is 0 Å². The van der Waals surface area contributed by atoms with Gasteiger partial charge in [0.1, 0.15) is 12.6 Å². The van der Waals surface area contributed by atoms with E-state index >= 15 is 0 Å². The summed E-state index contributed by atoms with van der Waals surface area (Å²) in [5.41, 5.74) is 1.10. The molecule has 2 aromatic carbocycles. The standard InChI is InChI=1S/C20H24ClN3O4S/c1-15(20(26)22-2)23(13-16-8-5-4-6-9-16)19(25)14-24(29(3,27)28)18-11-7-10-17(21)12-18/h4-12,15H,13-14H2,1-3H3,(H,22,26)/t15-/m1/s1. The number of anilines is 1. The van der Waals surface area contributed by atoms with Crippen LogP contribution in [-0.2, 0) is 26.2 Å². The summed E-state index contributed by atoms with van der Waals surface area (Å²) in [6.07, 6.45) is 1.02. The first-order valence-electron chi connectivity index (χ1n) is 8.91. The van der Waals surface area contributed by atoms with E-state index in [1.54, 1.807) is 25.1 Å². The maximum Gasteiger partial charge on any atom is 0.244 e. The zero-order valence-electron chi connectivity index (χ0n) is 16.5. The molecule has 0 heterocycles. The van der Waals surface area contributed by atoms with Crippen LogP contribution in [-0.4, -0.2) is 51.0 Å². The minimum atomic E-state index is -3.76. The SMILES string of the molecule is CNC(=O)[C@@H](C)N(Cc1ccccc1)C(=O)CN(c1cccc(Cl)c1)S(C)(=O)=O. The van der Waals surface area contributed by atoms with Crippen molar-refractivity contribution >= 4 is 39.1 Å². The first-order chi connectivity index (χ1) is 13.6. The molecule has 2 amide bonds. The van der Waals surface area contributed by atoms with Crippen LogP contribution in [0.4, 0.5) is 5.69 Å². The molecule has 0 spiro atoms. The van der Waals surface area contributed by atoms with Gasteiger partial charge in [-0.2, -0.15) is 0 Å². The fourth-order valence-electron chi connectivity index (χ4n) is 2.82. The molecule has 0 bridgehead atoms. The Labute approximate surface area is 176 Å². The quantitative estimate of drug-likeness (QED) is 0.686. The smallest absolute Gasteiger partial charge is 0.244 e. The lowest BCUT2D eigenvalue weighted by Gasteiger charge is -2.31. The van der Waals surface area contributed by atoms with E-state index in [0.29, 0.717) is 5.02 Å². The lowest BCUT2D eigenvalue weighted by atomic mass is 10.1. The van der Waals surface area contributed by atoms with E-state index in [4.69, 9.17) is 11.6 Å². The van der Waals surface area contributed by atoms with Gasteiger partial charge in [-0.05, 0) is 30.7 Å². The number of hydrogen-bond donors (Lipinski definition) is 1. The van der Waals surface area contributed by atoms with Crippen LogP contribution >= 0.6 is 11.6 Å². The number of halogens is 1. The molecular weight excluding hydrogens is 414 g/mol. The third kappa shape index (κ3) is 6.20. The lowest BCUT2D eigenvalue weighted by Crippen LogP contribution is -2.50. The van der Waals surface area contributed by atoms with Crippen LogP contribution < -0.4 is 9.62 Å². The van der Waals surface area contributed by atoms with Crippen LogP contribution in [0.2, 0.25) is 5.02 Å². The molecule has 0 aliphatic carbocycles. The van der Waals surface area contributed by atoms with Crippen LogP contribution in [0.15, 0.2) is 54.6 Å². The summed E-state index contributed by atoms with van der Waals surface area (Å²) in [4.78, 5) is 26.7. The van der Waals surface area contributed by atoms with Crippen molar-refractivity contribution in [1.82, 2.24) is 10.2 Å². The topological polar surface area (TPSA) is 86.8 Å². The number of likely N-dealkylation sites (N-methyl/N-ethyl adjacent to an activating group) is 1. The van der Waals surface area contributed by atoms with Crippen LogP contribution in [0.5, 0.6) is 0 Å². The van der Waals surface area contributed by atoms with Crippen molar-refractivity contribution in [2.45, 2.75) is 19.5 Å². The minimum Gasteiger partial charge on any atom is -0.357 e. The maximum atomic E-state index is 13.1. The fraction of sp³-hybridized carbons (Fsp3) is 0.300.